The van der Waals surface area contributed by atoms with E-state index in [0.717, 1.165) is 16.0 Å². The summed E-state index contributed by atoms with van der Waals surface area (Å²) < 4.78 is 13.2. The molecule has 1 N–H and O–H groups in total. The molecule has 0 saturated carbocycles. The molecule has 0 spiro atoms. The number of benzene rings is 1. The van der Waals surface area contributed by atoms with Gasteiger partial charge in [0.05, 0.1) is 28.0 Å². The molecule has 1 aliphatic rings. The van der Waals surface area contributed by atoms with Gasteiger partial charge in [-0.2, -0.15) is 0 Å². The van der Waals surface area contributed by atoms with Crippen molar-refractivity contribution >= 4 is 40.7 Å². The standard InChI is InChI=1S/C27H22N2O6S2/c1-4-34-26(33)22-15(3)28-27-29(23(22)20-6-5-11-36-20)24(30)21(37-27)13-17-8-10-19(35-17)18-9-7-16(25(31)32)12-14(18)2/h5-13,23H,4H2,1-3H3,(H,31,32)/b21-13-. The molecule has 0 aliphatic carbocycles. The molecule has 188 valence electrons. The lowest BCUT2D eigenvalue weighted by Crippen LogP contribution is -2.39. The monoisotopic (exact) mass is 534 g/mol. The van der Waals surface area contributed by atoms with E-state index in [1.165, 1.54) is 28.7 Å². The lowest BCUT2D eigenvalue weighted by molar-refractivity contribution is -0.139. The maximum absolute atomic E-state index is 13.6. The number of aromatic nitrogens is 1. The first-order valence-corrected chi connectivity index (χ1v) is 13.1. The van der Waals surface area contributed by atoms with E-state index < -0.39 is 18.0 Å². The van der Waals surface area contributed by atoms with Crippen molar-refractivity contribution in [3.8, 4) is 11.3 Å². The first kappa shape index (κ1) is 24.7. The Hall–Kier alpha value is -4.02. The molecular weight excluding hydrogens is 512 g/mol. The smallest absolute Gasteiger partial charge is 0.338 e. The van der Waals surface area contributed by atoms with Crippen molar-refractivity contribution in [1.82, 2.24) is 4.57 Å². The molecule has 1 atom stereocenters. The summed E-state index contributed by atoms with van der Waals surface area (Å²) >= 11 is 2.68. The van der Waals surface area contributed by atoms with Crippen LogP contribution in [0.25, 0.3) is 17.4 Å². The number of aryl methyl sites for hydroxylation is 1. The molecule has 0 radical (unpaired) electrons. The normalized spacial score (nSPS) is 15.4. The van der Waals surface area contributed by atoms with E-state index in [9.17, 15) is 19.5 Å². The van der Waals surface area contributed by atoms with Crippen LogP contribution < -0.4 is 14.9 Å². The topological polar surface area (TPSA) is 111 Å². The fourth-order valence-electron chi connectivity index (χ4n) is 4.29. The minimum Gasteiger partial charge on any atom is -0.478 e. The van der Waals surface area contributed by atoms with Crippen LogP contribution in [-0.2, 0) is 9.53 Å². The Morgan fingerprint density at radius 3 is 2.70 bits per heavy atom. The summed E-state index contributed by atoms with van der Waals surface area (Å²) in [5, 5.41) is 11.1. The van der Waals surface area contributed by atoms with Gasteiger partial charge in [0.15, 0.2) is 4.80 Å². The van der Waals surface area contributed by atoms with E-state index in [4.69, 9.17) is 9.15 Å². The van der Waals surface area contributed by atoms with Gasteiger partial charge in [0, 0.05) is 16.5 Å². The van der Waals surface area contributed by atoms with Crippen LogP contribution >= 0.6 is 22.7 Å². The number of thiophene rings is 1. The number of carboxylic acids is 1. The van der Waals surface area contributed by atoms with Crippen LogP contribution in [0.1, 0.15) is 46.4 Å². The maximum atomic E-state index is 13.6. The van der Waals surface area contributed by atoms with E-state index in [1.807, 2.05) is 24.4 Å². The van der Waals surface area contributed by atoms with Gasteiger partial charge in [-0.3, -0.25) is 9.36 Å². The highest BCUT2D eigenvalue weighted by Gasteiger charge is 2.33. The molecule has 0 bridgehead atoms. The average molecular weight is 535 g/mol. The molecule has 3 aromatic heterocycles. The number of esters is 1. The predicted molar refractivity (Wildman–Crippen MR) is 141 cm³/mol. The van der Waals surface area contributed by atoms with Crippen molar-refractivity contribution in [2.24, 2.45) is 4.99 Å². The van der Waals surface area contributed by atoms with E-state index in [-0.39, 0.29) is 17.7 Å². The summed E-state index contributed by atoms with van der Waals surface area (Å²) in [5.74, 6) is -0.454. The van der Waals surface area contributed by atoms with E-state index in [1.54, 1.807) is 48.8 Å². The third-order valence-electron chi connectivity index (χ3n) is 5.97. The fraction of sp³-hybridized carbons (Fsp3) is 0.185. The second-order valence-corrected chi connectivity index (χ2v) is 10.3. The molecule has 1 unspecified atom stereocenters. The molecule has 0 fully saturated rings. The van der Waals surface area contributed by atoms with Crippen LogP contribution in [0.4, 0.5) is 0 Å². The van der Waals surface area contributed by atoms with E-state index >= 15 is 0 Å². The fourth-order valence-corrected chi connectivity index (χ4v) is 6.14. The number of thiazole rings is 1. The van der Waals surface area contributed by atoms with Gasteiger partial charge < -0.3 is 14.3 Å². The number of carboxylic acid groups (broad SMARTS) is 1. The van der Waals surface area contributed by atoms with Gasteiger partial charge in [0.1, 0.15) is 17.6 Å². The van der Waals surface area contributed by atoms with Gasteiger partial charge in [-0.25, -0.2) is 14.6 Å². The van der Waals surface area contributed by atoms with Crippen LogP contribution in [0.15, 0.2) is 73.3 Å². The third-order valence-corrected chi connectivity index (χ3v) is 7.88. The van der Waals surface area contributed by atoms with Crippen molar-refractivity contribution in [3.05, 3.63) is 101 Å². The van der Waals surface area contributed by atoms with Crippen LogP contribution in [0.3, 0.4) is 0 Å². The average Bonchev–Trinajstić information content (AvgIpc) is 3.60. The Kier molecular flexibility index (Phi) is 6.53. The molecule has 1 aromatic carbocycles. The second kappa shape index (κ2) is 9.79. The minimum absolute atomic E-state index is 0.201. The van der Waals surface area contributed by atoms with Gasteiger partial charge in [-0.05, 0) is 62.0 Å². The van der Waals surface area contributed by atoms with Crippen molar-refractivity contribution in [2.75, 3.05) is 6.61 Å². The molecule has 8 nitrogen and oxygen atoms in total. The Balaban J connectivity index is 1.59. The molecule has 5 rings (SSSR count). The largest absolute Gasteiger partial charge is 0.478 e. The van der Waals surface area contributed by atoms with Crippen LogP contribution in [-0.4, -0.2) is 28.2 Å². The van der Waals surface area contributed by atoms with Crippen molar-refractivity contribution in [1.29, 1.82) is 0 Å². The SMILES string of the molecule is CCOC(=O)C1=C(C)N=c2s/c(=C\c3ccc(-c4ccc(C(=O)O)cc4C)o3)c(=O)n2C1c1cccs1. The lowest BCUT2D eigenvalue weighted by atomic mass is 10.0. The van der Waals surface area contributed by atoms with Gasteiger partial charge in [-0.15, -0.1) is 11.3 Å². The number of ether oxygens (including phenoxy) is 1. The molecule has 4 heterocycles. The number of rotatable bonds is 6. The second-order valence-electron chi connectivity index (χ2n) is 8.35. The summed E-state index contributed by atoms with van der Waals surface area (Å²) in [7, 11) is 0. The van der Waals surface area contributed by atoms with Crippen LogP contribution in [0.5, 0.6) is 0 Å². The highest BCUT2D eigenvalue weighted by atomic mass is 32.1. The molecule has 0 saturated heterocycles. The van der Waals surface area contributed by atoms with Crippen molar-refractivity contribution in [3.63, 3.8) is 0 Å². The molecule has 37 heavy (non-hydrogen) atoms. The zero-order valence-electron chi connectivity index (χ0n) is 20.2. The Morgan fingerprint density at radius 2 is 2.03 bits per heavy atom. The van der Waals surface area contributed by atoms with Crippen LogP contribution in [0, 0.1) is 6.92 Å². The quantitative estimate of drug-likeness (QED) is 0.373. The Labute approximate surface area is 219 Å². The molecular formula is C27H22N2O6S2. The summed E-state index contributed by atoms with van der Waals surface area (Å²) in [6.45, 7) is 5.52. The third kappa shape index (κ3) is 4.49. The number of hydrogen-bond donors (Lipinski definition) is 1. The summed E-state index contributed by atoms with van der Waals surface area (Å²) in [4.78, 5) is 43.6. The number of hydrogen-bond acceptors (Lipinski definition) is 8. The molecule has 0 amide bonds. The first-order chi connectivity index (χ1) is 17.8. The number of furan rings is 1. The first-order valence-electron chi connectivity index (χ1n) is 11.5. The summed E-state index contributed by atoms with van der Waals surface area (Å²) in [6, 6.07) is 11.5. The number of fused-ring (bicyclic) bond motifs is 1. The lowest BCUT2D eigenvalue weighted by Gasteiger charge is -2.23. The van der Waals surface area contributed by atoms with Gasteiger partial charge in [0.2, 0.25) is 0 Å². The number of carbonyl (C=O) groups is 2. The van der Waals surface area contributed by atoms with Gasteiger partial charge >= 0.3 is 11.9 Å². The molecule has 4 aromatic rings. The Morgan fingerprint density at radius 1 is 1.22 bits per heavy atom. The summed E-state index contributed by atoms with van der Waals surface area (Å²) in [5.41, 5.74) is 2.31. The van der Waals surface area contributed by atoms with Crippen molar-refractivity contribution in [2.45, 2.75) is 26.8 Å². The van der Waals surface area contributed by atoms with Gasteiger partial charge in [-0.1, -0.05) is 23.5 Å². The zero-order chi connectivity index (χ0) is 26.3. The number of carbonyl (C=O) groups excluding carboxylic acids is 1. The predicted octanol–water partition coefficient (Wildman–Crippen LogP) is 4.13. The number of aromatic carboxylic acids is 1. The number of allylic oxidation sites excluding steroid dienone is 1. The van der Waals surface area contributed by atoms with Gasteiger partial charge in [0.25, 0.3) is 5.56 Å². The minimum atomic E-state index is -0.993. The van der Waals surface area contributed by atoms with E-state index in [0.29, 0.717) is 32.1 Å². The summed E-state index contributed by atoms with van der Waals surface area (Å²) in [6.07, 6.45) is 1.66. The highest BCUT2D eigenvalue weighted by Crippen LogP contribution is 2.33. The zero-order valence-corrected chi connectivity index (χ0v) is 21.8. The maximum Gasteiger partial charge on any atom is 0.338 e. The molecule has 10 heteroatoms. The van der Waals surface area contributed by atoms with E-state index in [2.05, 4.69) is 4.99 Å². The number of nitrogens with zero attached hydrogens (tertiary/aromatic N) is 2. The van der Waals surface area contributed by atoms with Crippen LogP contribution in [0.2, 0.25) is 0 Å². The molecule has 1 aliphatic heterocycles. The van der Waals surface area contributed by atoms with Crippen molar-refractivity contribution < 1.29 is 23.8 Å². The Bertz CT molecular complexity index is 1740. The highest BCUT2D eigenvalue weighted by molar-refractivity contribution is 7.10.